The zero-order valence-corrected chi connectivity index (χ0v) is 11.2. The van der Waals surface area contributed by atoms with E-state index in [2.05, 4.69) is 4.98 Å². The van der Waals surface area contributed by atoms with E-state index in [9.17, 15) is 18.0 Å². The van der Waals surface area contributed by atoms with Gasteiger partial charge in [0, 0.05) is 6.20 Å². The molecule has 1 aromatic rings. The van der Waals surface area contributed by atoms with E-state index < -0.39 is 34.4 Å². The van der Waals surface area contributed by atoms with Gasteiger partial charge in [-0.05, 0) is 19.1 Å². The van der Waals surface area contributed by atoms with Gasteiger partial charge < -0.3 is 0 Å². The number of amides is 2. The van der Waals surface area contributed by atoms with Crippen LogP contribution in [0, 0.1) is 11.3 Å². The Bertz CT molecular complexity index is 722. The molecule has 0 bridgehead atoms. The number of hydrogen-bond acceptors (Lipinski definition) is 6. The number of imide groups is 1. The molecule has 2 rings (SSSR count). The molecule has 1 fully saturated rings. The molecule has 0 saturated carbocycles. The minimum Gasteiger partial charge on any atom is -0.294 e. The van der Waals surface area contributed by atoms with Crippen molar-refractivity contribution in [3.05, 3.63) is 24.0 Å². The van der Waals surface area contributed by atoms with Gasteiger partial charge in [-0.1, -0.05) is 0 Å². The van der Waals surface area contributed by atoms with Gasteiger partial charge in [0.1, 0.15) is 17.0 Å². The van der Waals surface area contributed by atoms with Crippen molar-refractivity contribution in [1.29, 1.82) is 5.26 Å². The maximum absolute atomic E-state index is 12.5. The lowest BCUT2D eigenvalue weighted by Gasteiger charge is -2.30. The average Bonchev–Trinajstić information content (AvgIpc) is 2.42. The number of nitrogens with zero attached hydrogens (tertiary/aromatic N) is 3. The molecular weight excluding hydrogens is 284 g/mol. The first-order valence-corrected chi connectivity index (χ1v) is 7.02. The number of nitriles is 1. The predicted octanol–water partition coefficient (Wildman–Crippen LogP) is -1.01. The van der Waals surface area contributed by atoms with Crippen LogP contribution in [-0.4, -0.2) is 42.1 Å². The Kier molecular flexibility index (Phi) is 3.52. The number of carbonyl (C=O) groups is 2. The molecule has 20 heavy (non-hydrogen) atoms. The minimum atomic E-state index is -4.15. The molecule has 1 saturated heterocycles. The Morgan fingerprint density at radius 3 is 2.85 bits per heavy atom. The van der Waals surface area contributed by atoms with Gasteiger partial charge in [0.25, 0.3) is 0 Å². The van der Waals surface area contributed by atoms with Crippen LogP contribution >= 0.6 is 0 Å². The molecule has 1 atom stereocenters. The van der Waals surface area contributed by atoms with Crippen LogP contribution in [0.4, 0.5) is 0 Å². The summed E-state index contributed by atoms with van der Waals surface area (Å²) in [5.41, 5.74) is -0.280. The Morgan fingerprint density at radius 1 is 1.50 bits per heavy atom. The summed E-state index contributed by atoms with van der Waals surface area (Å²) < 4.78 is 25.7. The number of hydrogen-bond donors (Lipinski definition) is 1. The Hall–Kier alpha value is -2.31. The minimum absolute atomic E-state index is 0.280. The van der Waals surface area contributed by atoms with E-state index in [1.165, 1.54) is 25.3 Å². The lowest BCUT2D eigenvalue weighted by Crippen LogP contribution is -2.58. The zero-order valence-electron chi connectivity index (χ0n) is 10.4. The second-order valence-electron chi connectivity index (χ2n) is 4.10. The molecule has 0 aliphatic carbocycles. The summed E-state index contributed by atoms with van der Waals surface area (Å²) in [4.78, 5) is 26.2. The van der Waals surface area contributed by atoms with Crippen LogP contribution in [0.2, 0.25) is 0 Å². The molecule has 0 radical (unpaired) electrons. The normalized spacial score (nSPS) is 20.3. The standard InChI is InChI=1S/C11H10N4O4S/c1-7-11(17)14-10(16)6-15(7)20(18,19)9-3-2-4-13-8(9)5-12/h2-4,7H,6H2,1H3,(H,14,16,17). The first kappa shape index (κ1) is 14.1. The lowest BCUT2D eigenvalue weighted by molar-refractivity contribution is -0.136. The van der Waals surface area contributed by atoms with Gasteiger partial charge >= 0.3 is 0 Å². The highest BCUT2D eigenvalue weighted by Gasteiger charge is 2.40. The summed E-state index contributed by atoms with van der Waals surface area (Å²) in [7, 11) is -4.15. The van der Waals surface area contributed by atoms with Crippen molar-refractivity contribution in [2.24, 2.45) is 0 Å². The van der Waals surface area contributed by atoms with E-state index in [1.54, 1.807) is 6.07 Å². The van der Waals surface area contributed by atoms with E-state index >= 15 is 0 Å². The second-order valence-corrected chi connectivity index (χ2v) is 5.96. The van der Waals surface area contributed by atoms with E-state index in [4.69, 9.17) is 5.26 Å². The maximum Gasteiger partial charge on any atom is 0.247 e. The second kappa shape index (κ2) is 4.99. The number of nitrogens with one attached hydrogen (secondary N) is 1. The van der Waals surface area contributed by atoms with E-state index in [0.717, 1.165) is 4.31 Å². The summed E-state index contributed by atoms with van der Waals surface area (Å²) in [5, 5.41) is 11.0. The van der Waals surface area contributed by atoms with Crippen molar-refractivity contribution < 1.29 is 18.0 Å². The Morgan fingerprint density at radius 2 is 2.20 bits per heavy atom. The molecule has 1 unspecified atom stereocenters. The molecule has 0 spiro atoms. The van der Waals surface area contributed by atoms with Gasteiger partial charge in [-0.25, -0.2) is 13.4 Å². The monoisotopic (exact) mass is 294 g/mol. The van der Waals surface area contributed by atoms with Crippen LogP contribution in [-0.2, 0) is 19.6 Å². The number of sulfonamides is 1. The van der Waals surface area contributed by atoms with E-state index in [0.29, 0.717) is 0 Å². The largest absolute Gasteiger partial charge is 0.294 e. The van der Waals surface area contributed by atoms with Gasteiger partial charge in [-0.15, -0.1) is 0 Å². The quantitative estimate of drug-likeness (QED) is 0.698. The fourth-order valence-electron chi connectivity index (χ4n) is 1.79. The SMILES string of the molecule is CC1C(=O)NC(=O)CN1S(=O)(=O)c1cccnc1C#N. The first-order chi connectivity index (χ1) is 9.37. The molecular formula is C11H10N4O4S. The third-order valence-electron chi connectivity index (χ3n) is 2.84. The first-order valence-electron chi connectivity index (χ1n) is 5.58. The molecule has 1 aliphatic rings. The number of pyridine rings is 1. The summed E-state index contributed by atoms with van der Waals surface area (Å²) in [6.07, 6.45) is 1.29. The lowest BCUT2D eigenvalue weighted by atomic mass is 10.2. The number of aromatic nitrogens is 1. The Balaban J connectivity index is 2.52. The molecule has 2 amide bonds. The van der Waals surface area contributed by atoms with E-state index in [-0.39, 0.29) is 10.6 Å². The van der Waals surface area contributed by atoms with Crippen molar-refractivity contribution in [3.63, 3.8) is 0 Å². The maximum atomic E-state index is 12.5. The van der Waals surface area contributed by atoms with Crippen molar-refractivity contribution in [3.8, 4) is 6.07 Å². The van der Waals surface area contributed by atoms with E-state index in [1.807, 2.05) is 5.32 Å². The molecule has 2 heterocycles. The molecule has 104 valence electrons. The van der Waals surface area contributed by atoms with Crippen LogP contribution in [0.25, 0.3) is 0 Å². The third-order valence-corrected chi connectivity index (χ3v) is 4.78. The Labute approximate surface area is 115 Å². The fourth-order valence-corrected chi connectivity index (χ4v) is 3.44. The van der Waals surface area contributed by atoms with Crippen LogP contribution in [0.3, 0.4) is 0 Å². The summed E-state index contributed by atoms with van der Waals surface area (Å²) in [6.45, 7) is 0.886. The summed E-state index contributed by atoms with van der Waals surface area (Å²) in [6, 6.07) is 3.22. The van der Waals surface area contributed by atoms with Crippen molar-refractivity contribution in [1.82, 2.24) is 14.6 Å². The van der Waals surface area contributed by atoms with Gasteiger partial charge in [-0.2, -0.15) is 9.57 Å². The number of piperazine rings is 1. The number of carbonyl (C=O) groups excluding carboxylic acids is 2. The van der Waals surface area contributed by atoms with Crippen LogP contribution in [0.15, 0.2) is 23.2 Å². The molecule has 1 aliphatic heterocycles. The highest BCUT2D eigenvalue weighted by Crippen LogP contribution is 2.21. The molecule has 1 N–H and O–H groups in total. The topological polar surface area (TPSA) is 120 Å². The molecule has 1 aromatic heterocycles. The van der Waals surface area contributed by atoms with Gasteiger partial charge in [0.15, 0.2) is 5.69 Å². The van der Waals surface area contributed by atoms with Crippen LogP contribution in [0.5, 0.6) is 0 Å². The fraction of sp³-hybridized carbons (Fsp3) is 0.273. The van der Waals surface area contributed by atoms with Gasteiger partial charge in [0.2, 0.25) is 21.8 Å². The summed E-state index contributed by atoms with van der Waals surface area (Å²) in [5.74, 6) is -1.41. The highest BCUT2D eigenvalue weighted by molar-refractivity contribution is 7.89. The number of rotatable bonds is 2. The third kappa shape index (κ3) is 2.26. The van der Waals surface area contributed by atoms with Gasteiger partial charge in [-0.3, -0.25) is 14.9 Å². The van der Waals surface area contributed by atoms with Crippen molar-refractivity contribution in [2.75, 3.05) is 6.54 Å². The van der Waals surface area contributed by atoms with Crippen LogP contribution < -0.4 is 5.32 Å². The zero-order chi connectivity index (χ0) is 14.9. The average molecular weight is 294 g/mol. The van der Waals surface area contributed by atoms with Crippen molar-refractivity contribution in [2.45, 2.75) is 17.9 Å². The smallest absolute Gasteiger partial charge is 0.247 e. The predicted molar refractivity (Wildman–Crippen MR) is 65.5 cm³/mol. The van der Waals surface area contributed by atoms with Crippen LogP contribution in [0.1, 0.15) is 12.6 Å². The molecule has 8 nitrogen and oxygen atoms in total. The summed E-state index contributed by atoms with van der Waals surface area (Å²) >= 11 is 0. The van der Waals surface area contributed by atoms with Crippen molar-refractivity contribution >= 4 is 21.8 Å². The highest BCUT2D eigenvalue weighted by atomic mass is 32.2. The van der Waals surface area contributed by atoms with Gasteiger partial charge in [0.05, 0.1) is 6.54 Å². The molecule has 9 heteroatoms. The molecule has 0 aromatic carbocycles.